The summed E-state index contributed by atoms with van der Waals surface area (Å²) in [5, 5.41) is 6.11. The van der Waals surface area contributed by atoms with Crippen LogP contribution in [0.4, 0.5) is 11.4 Å². The monoisotopic (exact) mass is 462 g/mol. The number of hydrogen-bond acceptors (Lipinski definition) is 3. The third kappa shape index (κ3) is 6.59. The lowest BCUT2D eigenvalue weighted by atomic mass is 9.84. The third-order valence-electron chi connectivity index (χ3n) is 5.84. The topological polar surface area (TPSA) is 67.4 Å². The number of benzene rings is 3. The van der Waals surface area contributed by atoms with E-state index in [0.717, 1.165) is 0 Å². The number of carbonyl (C=O) groups is 2. The number of rotatable bonds is 7. The molecule has 0 atom stereocenters. The molecule has 0 heterocycles. The average Bonchev–Trinajstić information content (AvgIpc) is 2.85. The molecule has 0 spiro atoms. The summed E-state index contributed by atoms with van der Waals surface area (Å²) in [5.41, 5.74) is 3.07. The summed E-state index contributed by atoms with van der Waals surface area (Å²) in [7, 11) is 0. The smallest absolute Gasteiger partial charge is 0.262 e. The van der Waals surface area contributed by atoms with Crippen LogP contribution in [-0.4, -0.2) is 18.4 Å². The van der Waals surface area contributed by atoms with Gasteiger partial charge in [-0.25, -0.2) is 0 Å². The normalized spacial score (nSPS) is 13.8. The van der Waals surface area contributed by atoms with Crippen LogP contribution in [0.25, 0.3) is 0 Å². The molecule has 1 aliphatic rings. The first-order chi connectivity index (χ1) is 16.1. The Balaban J connectivity index is 1.24. The number of anilines is 2. The second-order valence-corrected chi connectivity index (χ2v) is 8.72. The number of hydrogen-bond donors (Lipinski definition) is 2. The fraction of sp³-hybridized carbons (Fsp3) is 0.259. The Kier molecular flexibility index (Phi) is 7.63. The third-order valence-corrected chi connectivity index (χ3v) is 6.08. The van der Waals surface area contributed by atoms with E-state index in [9.17, 15) is 9.59 Å². The van der Waals surface area contributed by atoms with Gasteiger partial charge in [-0.2, -0.15) is 0 Å². The Morgan fingerprint density at radius 1 is 0.848 bits per heavy atom. The van der Waals surface area contributed by atoms with Crippen LogP contribution < -0.4 is 15.4 Å². The highest BCUT2D eigenvalue weighted by atomic mass is 35.5. The molecule has 6 heteroatoms. The van der Waals surface area contributed by atoms with Crippen molar-refractivity contribution in [2.45, 2.75) is 38.0 Å². The van der Waals surface area contributed by atoms with Crippen LogP contribution in [-0.2, 0) is 4.79 Å². The van der Waals surface area contributed by atoms with Crippen molar-refractivity contribution in [3.8, 4) is 5.75 Å². The predicted molar refractivity (Wildman–Crippen MR) is 132 cm³/mol. The Hall–Kier alpha value is -3.31. The summed E-state index contributed by atoms with van der Waals surface area (Å²) in [5.74, 6) is 0.831. The van der Waals surface area contributed by atoms with E-state index in [1.165, 1.54) is 37.7 Å². The van der Waals surface area contributed by atoms with Gasteiger partial charge in [-0.3, -0.25) is 9.59 Å². The van der Waals surface area contributed by atoms with Gasteiger partial charge in [0.2, 0.25) is 0 Å². The van der Waals surface area contributed by atoms with Crippen LogP contribution in [0.5, 0.6) is 5.75 Å². The van der Waals surface area contributed by atoms with Gasteiger partial charge < -0.3 is 15.4 Å². The van der Waals surface area contributed by atoms with Crippen molar-refractivity contribution in [2.75, 3.05) is 17.2 Å². The summed E-state index contributed by atoms with van der Waals surface area (Å²) in [6.45, 7) is -0.0734. The van der Waals surface area contributed by atoms with Gasteiger partial charge in [0.1, 0.15) is 5.75 Å². The van der Waals surface area contributed by atoms with Gasteiger partial charge in [-0.05, 0) is 78.9 Å². The minimum Gasteiger partial charge on any atom is -0.484 e. The van der Waals surface area contributed by atoms with E-state index in [-0.39, 0.29) is 18.4 Å². The van der Waals surface area contributed by atoms with Gasteiger partial charge in [0.15, 0.2) is 6.61 Å². The zero-order valence-corrected chi connectivity index (χ0v) is 19.1. The molecule has 33 heavy (non-hydrogen) atoms. The quantitative estimate of drug-likeness (QED) is 0.412. The van der Waals surface area contributed by atoms with E-state index < -0.39 is 0 Å². The van der Waals surface area contributed by atoms with E-state index >= 15 is 0 Å². The molecule has 2 amide bonds. The van der Waals surface area contributed by atoms with Gasteiger partial charge in [0.25, 0.3) is 11.8 Å². The molecule has 4 rings (SSSR count). The van der Waals surface area contributed by atoms with E-state index in [1.54, 1.807) is 48.5 Å². The molecule has 0 aliphatic heterocycles. The second kappa shape index (κ2) is 11.0. The molecule has 1 fully saturated rings. The summed E-state index contributed by atoms with van der Waals surface area (Å²) < 4.78 is 5.64. The van der Waals surface area contributed by atoms with Gasteiger partial charge in [0, 0.05) is 22.0 Å². The zero-order valence-electron chi connectivity index (χ0n) is 18.4. The fourth-order valence-corrected chi connectivity index (χ4v) is 4.28. The van der Waals surface area contributed by atoms with Crippen LogP contribution in [0.2, 0.25) is 5.02 Å². The van der Waals surface area contributed by atoms with Crippen molar-refractivity contribution in [3.63, 3.8) is 0 Å². The summed E-state index contributed by atoms with van der Waals surface area (Å²) >= 11 is 5.93. The lowest BCUT2D eigenvalue weighted by molar-refractivity contribution is -0.118. The average molecular weight is 463 g/mol. The summed E-state index contributed by atoms with van der Waals surface area (Å²) in [6, 6.07) is 21.7. The number of nitrogens with one attached hydrogen (secondary N) is 2. The van der Waals surface area contributed by atoms with Crippen LogP contribution in [0.3, 0.4) is 0 Å². The van der Waals surface area contributed by atoms with Crippen molar-refractivity contribution in [1.29, 1.82) is 0 Å². The molecule has 1 aliphatic carbocycles. The Labute approximate surface area is 199 Å². The largest absolute Gasteiger partial charge is 0.484 e. The van der Waals surface area contributed by atoms with Gasteiger partial charge >= 0.3 is 0 Å². The predicted octanol–water partition coefficient (Wildman–Crippen LogP) is 6.66. The van der Waals surface area contributed by atoms with Crippen molar-refractivity contribution in [1.82, 2.24) is 0 Å². The molecular weight excluding hydrogens is 436 g/mol. The minimum atomic E-state index is -0.253. The summed E-state index contributed by atoms with van der Waals surface area (Å²) in [6.07, 6.45) is 6.46. The molecule has 170 valence electrons. The van der Waals surface area contributed by atoms with Gasteiger partial charge in [0.05, 0.1) is 0 Å². The van der Waals surface area contributed by atoms with Crippen LogP contribution >= 0.6 is 11.6 Å². The fourth-order valence-electron chi connectivity index (χ4n) is 4.09. The van der Waals surface area contributed by atoms with Crippen LogP contribution in [0.15, 0.2) is 72.8 Å². The molecule has 0 radical (unpaired) electrons. The SMILES string of the molecule is O=C(COc1ccc(C2CCCCC2)cc1)Nc1ccc(NC(=O)c2cccc(Cl)c2)cc1. The molecule has 2 N–H and O–H groups in total. The first kappa shape index (κ1) is 22.9. The van der Waals surface area contributed by atoms with Gasteiger partial charge in [-0.1, -0.05) is 49.1 Å². The van der Waals surface area contributed by atoms with Crippen molar-refractivity contribution in [2.24, 2.45) is 0 Å². The number of amides is 2. The molecule has 0 saturated heterocycles. The van der Waals surface area contributed by atoms with Crippen LogP contribution in [0, 0.1) is 0 Å². The van der Waals surface area contributed by atoms with Crippen molar-refractivity contribution >= 4 is 34.8 Å². The number of halogens is 1. The standard InChI is InChI=1S/C27H27ClN2O3/c28-22-8-4-7-21(17-22)27(32)30-24-13-11-23(12-14-24)29-26(31)18-33-25-15-9-20(10-16-25)19-5-2-1-3-6-19/h4,7-17,19H,1-3,5-6,18H2,(H,29,31)(H,30,32). The lowest BCUT2D eigenvalue weighted by Gasteiger charge is -2.22. The molecule has 5 nitrogen and oxygen atoms in total. The molecule has 0 bridgehead atoms. The van der Waals surface area contributed by atoms with Gasteiger partial charge in [-0.15, -0.1) is 0 Å². The molecule has 3 aromatic rings. The van der Waals surface area contributed by atoms with E-state index in [2.05, 4.69) is 22.8 Å². The maximum Gasteiger partial charge on any atom is 0.262 e. The van der Waals surface area contributed by atoms with E-state index in [0.29, 0.717) is 33.6 Å². The van der Waals surface area contributed by atoms with Crippen molar-refractivity contribution < 1.29 is 14.3 Å². The molecule has 1 saturated carbocycles. The first-order valence-corrected chi connectivity index (χ1v) is 11.6. The Bertz CT molecular complexity index is 1090. The Morgan fingerprint density at radius 3 is 2.18 bits per heavy atom. The Morgan fingerprint density at radius 2 is 1.52 bits per heavy atom. The zero-order chi connectivity index (χ0) is 23.0. The lowest BCUT2D eigenvalue weighted by Crippen LogP contribution is -2.20. The second-order valence-electron chi connectivity index (χ2n) is 8.28. The van der Waals surface area contributed by atoms with E-state index in [4.69, 9.17) is 16.3 Å². The molecular formula is C27H27ClN2O3. The van der Waals surface area contributed by atoms with Crippen molar-refractivity contribution in [3.05, 3.63) is 88.9 Å². The van der Waals surface area contributed by atoms with Crippen LogP contribution in [0.1, 0.15) is 53.9 Å². The summed E-state index contributed by atoms with van der Waals surface area (Å²) in [4.78, 5) is 24.6. The van der Waals surface area contributed by atoms with E-state index in [1.807, 2.05) is 12.1 Å². The highest BCUT2D eigenvalue weighted by Gasteiger charge is 2.15. The highest BCUT2D eigenvalue weighted by Crippen LogP contribution is 2.33. The number of carbonyl (C=O) groups excluding carboxylic acids is 2. The maximum absolute atomic E-state index is 12.3. The first-order valence-electron chi connectivity index (χ1n) is 11.3. The number of ether oxygens (including phenoxy) is 1. The maximum atomic E-state index is 12.3. The molecule has 0 aromatic heterocycles. The highest BCUT2D eigenvalue weighted by molar-refractivity contribution is 6.31. The molecule has 0 unspecified atom stereocenters. The minimum absolute atomic E-state index is 0.0734. The molecule has 3 aromatic carbocycles.